The Bertz CT molecular complexity index is 560. The molecule has 120 valence electrons. The summed E-state index contributed by atoms with van der Waals surface area (Å²) in [6.45, 7) is 0.156. The summed E-state index contributed by atoms with van der Waals surface area (Å²) in [6, 6.07) is 3.71. The zero-order valence-corrected chi connectivity index (χ0v) is 12.7. The fourth-order valence-corrected chi connectivity index (χ4v) is 2.62. The average Bonchev–Trinajstić information content (AvgIpc) is 2.51. The zero-order valence-electron chi connectivity index (χ0n) is 11.9. The number of carbonyl (C=O) groups is 2. The van der Waals surface area contributed by atoms with E-state index < -0.39 is 17.6 Å². The van der Waals surface area contributed by atoms with Crippen LogP contribution < -0.4 is 10.6 Å². The summed E-state index contributed by atoms with van der Waals surface area (Å²) in [6.07, 6.45) is 3.12. The minimum absolute atomic E-state index is 0.0527. The van der Waals surface area contributed by atoms with Crippen LogP contribution in [-0.4, -0.2) is 29.6 Å². The number of nitrogens with one attached hydrogen (secondary N) is 2. The van der Waals surface area contributed by atoms with E-state index >= 15 is 0 Å². The summed E-state index contributed by atoms with van der Waals surface area (Å²) in [5, 5.41) is 14.0. The number of rotatable bonds is 3. The van der Waals surface area contributed by atoms with Gasteiger partial charge in [-0.05, 0) is 49.8 Å². The first-order valence-electron chi connectivity index (χ1n) is 7.17. The first kappa shape index (κ1) is 16.7. The molecule has 0 spiro atoms. The number of hydrogen-bond donors (Lipinski definition) is 3. The van der Waals surface area contributed by atoms with Gasteiger partial charge in [0.25, 0.3) is 0 Å². The van der Waals surface area contributed by atoms with E-state index in [1.54, 1.807) is 0 Å². The van der Waals surface area contributed by atoms with E-state index in [4.69, 9.17) is 16.7 Å². The lowest BCUT2D eigenvalue weighted by Crippen LogP contribution is -2.43. The average molecular weight is 329 g/mol. The first-order chi connectivity index (χ1) is 10.5. The van der Waals surface area contributed by atoms with Gasteiger partial charge < -0.3 is 15.7 Å². The molecule has 0 heterocycles. The highest BCUT2D eigenvalue weighted by atomic mass is 35.5. The SMILES string of the molecule is O=C(Nc1ccc(Cl)c(F)c1)C(=O)NC1CCC(CO)CC1. The maximum Gasteiger partial charge on any atom is 0.313 e. The van der Waals surface area contributed by atoms with Crippen molar-refractivity contribution in [3.05, 3.63) is 29.0 Å². The molecule has 2 rings (SSSR count). The highest BCUT2D eigenvalue weighted by molar-refractivity contribution is 6.39. The molecule has 7 heteroatoms. The number of anilines is 1. The van der Waals surface area contributed by atoms with E-state index in [0.717, 1.165) is 31.7 Å². The Morgan fingerprint density at radius 3 is 2.50 bits per heavy atom. The highest BCUT2D eigenvalue weighted by Crippen LogP contribution is 2.23. The molecule has 22 heavy (non-hydrogen) atoms. The van der Waals surface area contributed by atoms with Crippen LogP contribution in [0.2, 0.25) is 5.02 Å². The van der Waals surface area contributed by atoms with Gasteiger partial charge in [-0.3, -0.25) is 9.59 Å². The van der Waals surface area contributed by atoms with Crippen LogP contribution in [0.5, 0.6) is 0 Å². The molecular formula is C15H18ClFN2O3. The highest BCUT2D eigenvalue weighted by Gasteiger charge is 2.24. The number of carbonyl (C=O) groups excluding carboxylic acids is 2. The molecule has 3 N–H and O–H groups in total. The maximum absolute atomic E-state index is 13.3. The first-order valence-corrected chi connectivity index (χ1v) is 7.55. The molecule has 0 unspecified atom stereocenters. The van der Waals surface area contributed by atoms with Crippen LogP contribution in [0.25, 0.3) is 0 Å². The van der Waals surface area contributed by atoms with Gasteiger partial charge in [-0.2, -0.15) is 0 Å². The number of halogens is 2. The number of hydrogen-bond acceptors (Lipinski definition) is 3. The lowest BCUT2D eigenvalue weighted by Gasteiger charge is -2.27. The van der Waals surface area contributed by atoms with E-state index in [-0.39, 0.29) is 29.3 Å². The minimum atomic E-state index is -0.842. The Balaban J connectivity index is 1.84. The van der Waals surface area contributed by atoms with Crippen LogP contribution in [0.3, 0.4) is 0 Å². The van der Waals surface area contributed by atoms with Crippen LogP contribution >= 0.6 is 11.6 Å². The Kier molecular flexibility index (Phi) is 5.74. The number of aliphatic hydroxyl groups excluding tert-OH is 1. The van der Waals surface area contributed by atoms with Gasteiger partial charge in [-0.15, -0.1) is 0 Å². The number of benzene rings is 1. The van der Waals surface area contributed by atoms with Crippen molar-refractivity contribution in [2.45, 2.75) is 31.7 Å². The van der Waals surface area contributed by atoms with Gasteiger partial charge in [0, 0.05) is 18.3 Å². The summed E-state index contributed by atoms with van der Waals surface area (Å²) in [4.78, 5) is 23.6. The van der Waals surface area contributed by atoms with E-state index in [9.17, 15) is 14.0 Å². The van der Waals surface area contributed by atoms with Gasteiger partial charge in [0.05, 0.1) is 5.02 Å². The van der Waals surface area contributed by atoms with Gasteiger partial charge in [0.15, 0.2) is 0 Å². The minimum Gasteiger partial charge on any atom is -0.396 e. The monoisotopic (exact) mass is 328 g/mol. The predicted molar refractivity (Wildman–Crippen MR) is 81.0 cm³/mol. The normalized spacial score (nSPS) is 21.2. The third-order valence-corrected chi connectivity index (χ3v) is 4.13. The van der Waals surface area contributed by atoms with Crippen molar-refractivity contribution in [2.75, 3.05) is 11.9 Å². The Morgan fingerprint density at radius 2 is 1.91 bits per heavy atom. The van der Waals surface area contributed by atoms with E-state index in [0.29, 0.717) is 0 Å². The molecule has 0 aliphatic heterocycles. The zero-order chi connectivity index (χ0) is 16.1. The second-order valence-corrected chi connectivity index (χ2v) is 5.86. The van der Waals surface area contributed by atoms with Crippen molar-refractivity contribution in [3.63, 3.8) is 0 Å². The molecule has 1 fully saturated rings. The number of aliphatic hydroxyl groups is 1. The summed E-state index contributed by atoms with van der Waals surface area (Å²) >= 11 is 5.55. The summed E-state index contributed by atoms with van der Waals surface area (Å²) in [7, 11) is 0. The van der Waals surface area contributed by atoms with Crippen LogP contribution in [0.1, 0.15) is 25.7 Å². The summed E-state index contributed by atoms with van der Waals surface area (Å²) in [5.41, 5.74) is 0.172. The standard InChI is InChI=1S/C15H18ClFN2O3/c16-12-6-5-11(7-13(12)17)19-15(22)14(21)18-10-3-1-9(8-20)2-4-10/h5-7,9-10,20H,1-4,8H2,(H,18,21)(H,19,22). The third-order valence-electron chi connectivity index (χ3n) is 3.82. The van der Waals surface area contributed by atoms with E-state index in [1.165, 1.54) is 12.1 Å². The van der Waals surface area contributed by atoms with Gasteiger partial charge in [0.1, 0.15) is 5.82 Å². The summed E-state index contributed by atoms with van der Waals surface area (Å²) < 4.78 is 13.3. The second-order valence-electron chi connectivity index (χ2n) is 5.46. The molecule has 2 amide bonds. The fraction of sp³-hybridized carbons (Fsp3) is 0.467. The summed E-state index contributed by atoms with van der Waals surface area (Å²) in [5.74, 6) is -1.98. The smallest absolute Gasteiger partial charge is 0.313 e. The van der Waals surface area contributed by atoms with Crippen molar-refractivity contribution in [2.24, 2.45) is 5.92 Å². The molecule has 5 nitrogen and oxygen atoms in total. The molecule has 1 aromatic rings. The van der Waals surface area contributed by atoms with Crippen molar-refractivity contribution in [3.8, 4) is 0 Å². The van der Waals surface area contributed by atoms with E-state index in [2.05, 4.69) is 10.6 Å². The molecule has 1 saturated carbocycles. The van der Waals surface area contributed by atoms with Crippen LogP contribution in [-0.2, 0) is 9.59 Å². The van der Waals surface area contributed by atoms with Crippen LogP contribution in [0.15, 0.2) is 18.2 Å². The molecule has 0 bridgehead atoms. The molecule has 0 atom stereocenters. The number of amides is 2. The fourth-order valence-electron chi connectivity index (χ4n) is 2.50. The largest absolute Gasteiger partial charge is 0.396 e. The lowest BCUT2D eigenvalue weighted by molar-refractivity contribution is -0.136. The Labute approximate surface area is 132 Å². The lowest BCUT2D eigenvalue weighted by atomic mass is 9.86. The topological polar surface area (TPSA) is 78.4 Å². The third kappa shape index (κ3) is 4.42. The van der Waals surface area contributed by atoms with Gasteiger partial charge in [-0.25, -0.2) is 4.39 Å². The van der Waals surface area contributed by atoms with E-state index in [1.807, 2.05) is 0 Å². The van der Waals surface area contributed by atoms with Gasteiger partial charge in [0.2, 0.25) is 0 Å². The molecule has 0 radical (unpaired) electrons. The maximum atomic E-state index is 13.3. The quantitative estimate of drug-likeness (QED) is 0.743. The van der Waals surface area contributed by atoms with Crippen LogP contribution in [0, 0.1) is 11.7 Å². The van der Waals surface area contributed by atoms with Crippen molar-refractivity contribution >= 4 is 29.1 Å². The van der Waals surface area contributed by atoms with Crippen LogP contribution in [0.4, 0.5) is 10.1 Å². The van der Waals surface area contributed by atoms with Crippen molar-refractivity contribution in [1.29, 1.82) is 0 Å². The molecular weight excluding hydrogens is 311 g/mol. The van der Waals surface area contributed by atoms with Crippen molar-refractivity contribution < 1.29 is 19.1 Å². The van der Waals surface area contributed by atoms with Gasteiger partial charge in [-0.1, -0.05) is 11.6 Å². The predicted octanol–water partition coefficient (Wildman–Crippen LogP) is 2.08. The molecule has 1 aliphatic carbocycles. The Morgan fingerprint density at radius 1 is 1.23 bits per heavy atom. The molecule has 1 aliphatic rings. The van der Waals surface area contributed by atoms with Gasteiger partial charge >= 0.3 is 11.8 Å². The molecule has 0 aromatic heterocycles. The van der Waals surface area contributed by atoms with Crippen molar-refractivity contribution in [1.82, 2.24) is 5.32 Å². The Hall–Kier alpha value is -1.66. The second kappa shape index (κ2) is 7.56. The molecule has 0 saturated heterocycles. The molecule has 1 aromatic carbocycles.